The van der Waals surface area contributed by atoms with Crippen LogP contribution in [0.15, 0.2) is 23.9 Å². The minimum Gasteiger partial charge on any atom is -0.686 e. The molecule has 169 valence electrons. The van der Waals surface area contributed by atoms with Crippen molar-refractivity contribution in [1.82, 2.24) is 0 Å². The summed E-state index contributed by atoms with van der Waals surface area (Å²) in [6.07, 6.45) is 16.2. The molecular weight excluding hydrogens is 415 g/mol. The molecule has 4 aliphatic heterocycles. The molecule has 29 heavy (non-hydrogen) atoms. The van der Waals surface area contributed by atoms with Gasteiger partial charge in [-0.1, -0.05) is 69.9 Å². The number of piperidine rings is 3. The van der Waals surface area contributed by atoms with E-state index in [9.17, 15) is 0 Å². The predicted molar refractivity (Wildman–Crippen MR) is 114 cm³/mol. The van der Waals surface area contributed by atoms with Crippen molar-refractivity contribution >= 4 is 6.16 Å². The summed E-state index contributed by atoms with van der Waals surface area (Å²) in [6.45, 7) is 4.06. The number of carbonyl (C=O) groups is 1. The summed E-state index contributed by atoms with van der Waals surface area (Å²) < 4.78 is 0. The maximum atomic E-state index is 8.56. The third kappa shape index (κ3) is 11.0. The van der Waals surface area contributed by atoms with Crippen molar-refractivity contribution in [3.63, 3.8) is 0 Å². The van der Waals surface area contributed by atoms with Gasteiger partial charge in [-0.2, -0.15) is 17.8 Å². The normalized spacial score (nSPS) is 28.7. The van der Waals surface area contributed by atoms with Crippen molar-refractivity contribution in [2.45, 2.75) is 75.9 Å². The van der Waals surface area contributed by atoms with Crippen molar-refractivity contribution in [1.29, 1.82) is 0 Å². The summed E-state index contributed by atoms with van der Waals surface area (Å²) >= 11 is 0. The Bertz CT molecular complexity index is 478. The molecule has 0 saturated carbocycles. The van der Waals surface area contributed by atoms with Gasteiger partial charge in [-0.25, -0.2) is 4.79 Å². The quantitative estimate of drug-likeness (QED) is 0.555. The third-order valence-electron chi connectivity index (χ3n) is 5.35. The first-order valence-corrected chi connectivity index (χ1v) is 10.6. The van der Waals surface area contributed by atoms with E-state index in [1.54, 1.807) is 0 Å². The Morgan fingerprint density at radius 3 is 1.72 bits per heavy atom. The summed E-state index contributed by atoms with van der Waals surface area (Å²) in [5.41, 5.74) is 1.19. The van der Waals surface area contributed by atoms with E-state index in [-0.39, 0.29) is 16.8 Å². The van der Waals surface area contributed by atoms with Gasteiger partial charge in [-0.05, 0) is 0 Å². The van der Waals surface area contributed by atoms with E-state index in [1.807, 2.05) is 0 Å². The first kappa shape index (κ1) is 26.0. The van der Waals surface area contributed by atoms with E-state index < -0.39 is 6.16 Å². The second kappa shape index (κ2) is 15.7. The van der Waals surface area contributed by atoms with E-state index in [0.29, 0.717) is 18.1 Å². The third-order valence-corrected chi connectivity index (χ3v) is 5.35. The molecule has 1 radical (unpaired) electrons. The van der Waals surface area contributed by atoms with E-state index >= 15 is 0 Å². The van der Waals surface area contributed by atoms with Crippen LogP contribution < -0.4 is 0 Å². The fraction of sp³-hybridized carbons (Fsp3) is 0.762. The minimum atomic E-state index is -1.83. The molecule has 0 aromatic carbocycles. The topological polar surface area (TPSA) is 114 Å². The van der Waals surface area contributed by atoms with Gasteiger partial charge in [0.1, 0.15) is 0 Å². The molecule has 0 bridgehead atoms. The summed E-state index contributed by atoms with van der Waals surface area (Å²) in [6, 6.07) is 1.60. The largest absolute Gasteiger partial charge is 0.686 e. The Kier molecular flexibility index (Phi) is 14.1. The Labute approximate surface area is 185 Å². The number of allylic oxidation sites excluding steroid dienone is 2. The molecule has 3 atom stereocenters. The number of carboxylic acid groups (broad SMARTS) is 2. The molecule has 2 N–H and O–H groups in total. The van der Waals surface area contributed by atoms with Gasteiger partial charge >= 0.3 is 6.16 Å². The van der Waals surface area contributed by atoms with Crippen molar-refractivity contribution in [3.8, 4) is 0 Å². The number of hydrogen-bond donors (Lipinski definition) is 2. The molecule has 0 aromatic rings. The average Bonchev–Trinajstić information content (AvgIpc) is 2.76. The maximum Gasteiger partial charge on any atom is 0.503 e. The zero-order valence-electron chi connectivity index (χ0n) is 17.1. The maximum absolute atomic E-state index is 8.56. The number of hydrogen-bond acceptors (Lipinski definition) is 1. The van der Waals surface area contributed by atoms with Gasteiger partial charge in [-0.15, -0.1) is 38.3 Å². The summed E-state index contributed by atoms with van der Waals surface area (Å²) in [5.74, 6) is 0. The van der Waals surface area contributed by atoms with Crippen LogP contribution in [0.4, 0.5) is 4.79 Å². The monoisotopic (exact) mass is 449 g/mol. The van der Waals surface area contributed by atoms with Gasteiger partial charge in [0.15, 0.2) is 0 Å². The molecule has 4 aliphatic rings. The van der Waals surface area contributed by atoms with Crippen LogP contribution in [-0.2, 0) is 16.8 Å². The van der Waals surface area contributed by atoms with E-state index in [1.165, 1.54) is 63.5 Å². The summed E-state index contributed by atoms with van der Waals surface area (Å²) in [5, 5.41) is 32.3. The van der Waals surface area contributed by atoms with Crippen LogP contribution in [0.3, 0.4) is 0 Å². The SMILES string of the molecule is C1=CC[N-]C(C2CCCC[N-]2)=C1.C1CCC(C2CCCC[N-]2)[N-]C1.O=C(O)O.[Co]. The summed E-state index contributed by atoms with van der Waals surface area (Å²) in [7, 11) is 0. The number of nitrogens with zero attached hydrogens (tertiary/aromatic N) is 4. The Hall–Kier alpha value is -1.06. The molecule has 3 fully saturated rings. The molecule has 3 unspecified atom stereocenters. The van der Waals surface area contributed by atoms with Crippen LogP contribution in [0.1, 0.15) is 57.8 Å². The molecule has 0 amide bonds. The molecule has 4 heterocycles. The van der Waals surface area contributed by atoms with Crippen LogP contribution >= 0.6 is 0 Å². The van der Waals surface area contributed by atoms with Gasteiger partial charge in [0.05, 0.1) is 0 Å². The van der Waals surface area contributed by atoms with Gasteiger partial charge in [0.2, 0.25) is 0 Å². The molecule has 0 aromatic heterocycles. The first-order chi connectivity index (χ1) is 13.7. The molecular formula is C21H34CoN4O3-4. The van der Waals surface area contributed by atoms with Crippen LogP contribution in [0.25, 0.3) is 21.3 Å². The molecule has 0 aliphatic carbocycles. The van der Waals surface area contributed by atoms with Crippen LogP contribution in [-0.4, -0.2) is 60.7 Å². The summed E-state index contributed by atoms with van der Waals surface area (Å²) in [4.78, 5) is 8.56. The second-order valence-corrected chi connectivity index (χ2v) is 7.50. The van der Waals surface area contributed by atoms with Crippen molar-refractivity contribution in [3.05, 3.63) is 45.2 Å². The first-order valence-electron chi connectivity index (χ1n) is 10.6. The number of rotatable bonds is 2. The Morgan fingerprint density at radius 2 is 1.34 bits per heavy atom. The fourth-order valence-corrected chi connectivity index (χ4v) is 3.94. The van der Waals surface area contributed by atoms with E-state index in [4.69, 9.17) is 15.0 Å². The van der Waals surface area contributed by atoms with Gasteiger partial charge in [-0.3, -0.25) is 0 Å². The Morgan fingerprint density at radius 1 is 0.828 bits per heavy atom. The molecule has 0 spiro atoms. The van der Waals surface area contributed by atoms with Crippen LogP contribution in [0, 0.1) is 0 Å². The molecule has 3 saturated heterocycles. The zero-order chi connectivity index (χ0) is 20.0. The van der Waals surface area contributed by atoms with Crippen molar-refractivity contribution < 1.29 is 31.8 Å². The van der Waals surface area contributed by atoms with E-state index in [0.717, 1.165) is 26.2 Å². The van der Waals surface area contributed by atoms with Crippen molar-refractivity contribution in [2.75, 3.05) is 26.2 Å². The van der Waals surface area contributed by atoms with Gasteiger partial charge in [0, 0.05) is 16.8 Å². The smallest absolute Gasteiger partial charge is 0.503 e. The minimum absolute atomic E-state index is 0. The molecule has 7 nitrogen and oxygen atoms in total. The second-order valence-electron chi connectivity index (χ2n) is 7.50. The molecule has 4 rings (SSSR count). The molecule has 8 heteroatoms. The predicted octanol–water partition coefficient (Wildman–Crippen LogP) is 5.80. The van der Waals surface area contributed by atoms with Gasteiger partial charge < -0.3 is 31.5 Å². The fourth-order valence-electron chi connectivity index (χ4n) is 3.94. The Balaban J connectivity index is 0.000000239. The van der Waals surface area contributed by atoms with E-state index in [2.05, 4.69) is 39.5 Å². The van der Waals surface area contributed by atoms with Crippen LogP contribution in [0.2, 0.25) is 0 Å². The standard InChI is InChI=1S/C10H18N2.C10H14N2.CH2O3.Co/c2*1-3-7-11-9(5-1)10-6-2-4-8-12-10;2-1(3)4;/h9-10H,1-8H2;1,3,5,10H,2,4,6-8H2;(H2,2,3,4);/q2*-2;;. The zero-order valence-corrected chi connectivity index (χ0v) is 18.1. The average molecular weight is 449 g/mol. The van der Waals surface area contributed by atoms with Gasteiger partial charge in [0.25, 0.3) is 0 Å². The van der Waals surface area contributed by atoms with Crippen LogP contribution in [0.5, 0.6) is 0 Å². The van der Waals surface area contributed by atoms with Crippen molar-refractivity contribution in [2.24, 2.45) is 0 Å².